The SMILES string of the molecule is CCn1cc[n+](CCS(C)(=O)=O)c1.[Br-]. The molecule has 0 aliphatic heterocycles. The summed E-state index contributed by atoms with van der Waals surface area (Å²) in [5, 5.41) is 0. The zero-order chi connectivity index (χ0) is 9.90. The van der Waals surface area contributed by atoms with Gasteiger partial charge >= 0.3 is 0 Å². The second-order valence-corrected chi connectivity index (χ2v) is 5.37. The van der Waals surface area contributed by atoms with Crippen molar-refractivity contribution in [1.29, 1.82) is 0 Å². The van der Waals surface area contributed by atoms with Gasteiger partial charge in [-0.1, -0.05) is 0 Å². The van der Waals surface area contributed by atoms with Crippen molar-refractivity contribution in [3.05, 3.63) is 18.7 Å². The monoisotopic (exact) mass is 282 g/mol. The molecule has 1 rings (SSSR count). The van der Waals surface area contributed by atoms with Crippen LogP contribution in [-0.4, -0.2) is 25.0 Å². The van der Waals surface area contributed by atoms with Gasteiger partial charge in [0.05, 0.1) is 12.3 Å². The number of nitrogens with zero attached hydrogens (tertiary/aromatic N) is 2. The molecule has 0 N–H and O–H groups in total. The highest BCUT2D eigenvalue weighted by atomic mass is 79.9. The summed E-state index contributed by atoms with van der Waals surface area (Å²) in [5.41, 5.74) is 0. The molecule has 4 nitrogen and oxygen atoms in total. The lowest BCUT2D eigenvalue weighted by Gasteiger charge is -1.94. The summed E-state index contributed by atoms with van der Waals surface area (Å²) in [6, 6.07) is 0. The first-order valence-corrected chi connectivity index (χ1v) is 6.30. The van der Waals surface area contributed by atoms with Gasteiger partial charge in [-0.05, 0) is 6.92 Å². The number of hydrogen-bond donors (Lipinski definition) is 0. The van der Waals surface area contributed by atoms with Crippen LogP contribution in [0.2, 0.25) is 0 Å². The molecule has 1 heterocycles. The molecule has 0 aliphatic carbocycles. The van der Waals surface area contributed by atoms with Gasteiger partial charge in [0.25, 0.3) is 0 Å². The van der Waals surface area contributed by atoms with Crippen molar-refractivity contribution >= 4 is 9.84 Å². The fraction of sp³-hybridized carbons (Fsp3) is 0.625. The van der Waals surface area contributed by atoms with E-state index < -0.39 is 9.84 Å². The third-order valence-corrected chi connectivity index (χ3v) is 2.76. The Morgan fingerprint density at radius 1 is 1.43 bits per heavy atom. The molecule has 0 spiro atoms. The number of aryl methyl sites for hydroxylation is 2. The molecule has 6 heteroatoms. The van der Waals surface area contributed by atoms with Crippen LogP contribution in [0.5, 0.6) is 0 Å². The number of hydrogen-bond acceptors (Lipinski definition) is 2. The fourth-order valence-corrected chi connectivity index (χ4v) is 1.57. The first-order valence-electron chi connectivity index (χ1n) is 4.24. The van der Waals surface area contributed by atoms with Crippen LogP contribution in [0, 0.1) is 0 Å². The van der Waals surface area contributed by atoms with Crippen molar-refractivity contribution in [3.63, 3.8) is 0 Å². The van der Waals surface area contributed by atoms with Crippen LogP contribution in [0.15, 0.2) is 18.7 Å². The number of sulfone groups is 1. The summed E-state index contributed by atoms with van der Waals surface area (Å²) in [6.07, 6.45) is 6.98. The van der Waals surface area contributed by atoms with E-state index in [1.54, 1.807) is 0 Å². The largest absolute Gasteiger partial charge is 1.00 e. The third-order valence-electron chi connectivity index (χ3n) is 1.83. The lowest BCUT2D eigenvalue weighted by molar-refractivity contribution is -0.692. The van der Waals surface area contributed by atoms with E-state index in [-0.39, 0.29) is 22.7 Å². The van der Waals surface area contributed by atoms with Crippen LogP contribution in [0.25, 0.3) is 0 Å². The maximum Gasteiger partial charge on any atom is 0.243 e. The Labute approximate surface area is 95.2 Å². The Morgan fingerprint density at radius 2 is 2.07 bits per heavy atom. The molecule has 1 aromatic rings. The summed E-state index contributed by atoms with van der Waals surface area (Å²) in [7, 11) is -2.85. The van der Waals surface area contributed by atoms with Gasteiger partial charge in [0.1, 0.15) is 18.9 Å². The first-order chi connectivity index (χ1) is 6.01. The zero-order valence-electron chi connectivity index (χ0n) is 8.35. The number of rotatable bonds is 4. The maximum absolute atomic E-state index is 10.9. The fourth-order valence-electron chi connectivity index (χ4n) is 1.03. The third kappa shape index (κ3) is 4.76. The van der Waals surface area contributed by atoms with E-state index in [1.807, 2.05) is 34.8 Å². The zero-order valence-corrected chi connectivity index (χ0v) is 10.8. The standard InChI is InChI=1S/C8H15N2O2S.BrH/c1-3-9-4-5-10(8-9)6-7-13(2,11)12;/h4-5,8H,3,6-7H2,1-2H3;1H/q+1;/p-1. The molecule has 0 atom stereocenters. The Hall–Kier alpha value is -0.360. The molecular weight excluding hydrogens is 268 g/mol. The van der Waals surface area contributed by atoms with Crippen molar-refractivity contribution in [2.75, 3.05) is 12.0 Å². The van der Waals surface area contributed by atoms with Crippen molar-refractivity contribution in [1.82, 2.24) is 4.57 Å². The van der Waals surface area contributed by atoms with Gasteiger partial charge in [-0.15, -0.1) is 0 Å². The molecular formula is C8H15BrN2O2S. The predicted octanol–water partition coefficient (Wildman–Crippen LogP) is -3.16. The molecule has 0 saturated heterocycles. The van der Waals surface area contributed by atoms with Crippen LogP contribution in [0.4, 0.5) is 0 Å². The van der Waals surface area contributed by atoms with E-state index in [9.17, 15) is 8.42 Å². The Balaban J connectivity index is 0.00000169. The predicted molar refractivity (Wildman–Crippen MR) is 50.0 cm³/mol. The summed E-state index contributed by atoms with van der Waals surface area (Å²) in [5.74, 6) is 0.200. The van der Waals surface area contributed by atoms with Crippen molar-refractivity contribution in [2.24, 2.45) is 0 Å². The molecule has 0 unspecified atom stereocenters. The van der Waals surface area contributed by atoms with Crippen molar-refractivity contribution in [3.8, 4) is 0 Å². The average Bonchev–Trinajstić information content (AvgIpc) is 2.47. The molecule has 14 heavy (non-hydrogen) atoms. The molecule has 0 aromatic carbocycles. The van der Waals surface area contributed by atoms with Crippen molar-refractivity contribution in [2.45, 2.75) is 20.0 Å². The normalized spacial score (nSPS) is 11.0. The number of aromatic nitrogens is 2. The minimum Gasteiger partial charge on any atom is -1.00 e. The van der Waals surface area contributed by atoms with Gasteiger partial charge in [-0.3, -0.25) is 0 Å². The maximum atomic E-state index is 10.9. The molecule has 0 radical (unpaired) electrons. The highest BCUT2D eigenvalue weighted by Crippen LogP contribution is 1.85. The minimum absolute atomic E-state index is 0. The summed E-state index contributed by atoms with van der Waals surface area (Å²) < 4.78 is 25.6. The minimum atomic E-state index is -2.85. The second-order valence-electron chi connectivity index (χ2n) is 3.11. The van der Waals surface area contributed by atoms with Crippen molar-refractivity contribution < 1.29 is 30.0 Å². The molecule has 1 aromatic heterocycles. The van der Waals surface area contributed by atoms with E-state index in [0.717, 1.165) is 6.54 Å². The van der Waals surface area contributed by atoms with Gasteiger partial charge in [0.2, 0.25) is 6.33 Å². The van der Waals surface area contributed by atoms with Gasteiger partial charge < -0.3 is 17.0 Å². The number of imidazole rings is 1. The molecule has 82 valence electrons. The van der Waals surface area contributed by atoms with Gasteiger partial charge in [0, 0.05) is 6.26 Å². The summed E-state index contributed by atoms with van der Waals surface area (Å²) in [4.78, 5) is 0. The number of halogens is 1. The van der Waals surface area contributed by atoms with Gasteiger partial charge in [0.15, 0.2) is 9.84 Å². The highest BCUT2D eigenvalue weighted by molar-refractivity contribution is 7.90. The van der Waals surface area contributed by atoms with E-state index in [0.29, 0.717) is 6.54 Å². The Kier molecular flexibility index (Phi) is 5.36. The molecule has 0 fully saturated rings. The Bertz CT molecular complexity index is 372. The summed E-state index contributed by atoms with van der Waals surface area (Å²) >= 11 is 0. The van der Waals surface area contributed by atoms with E-state index in [2.05, 4.69) is 0 Å². The second kappa shape index (κ2) is 5.50. The van der Waals surface area contributed by atoms with Crippen LogP contribution < -0.4 is 21.5 Å². The van der Waals surface area contributed by atoms with Crippen LogP contribution in [0.1, 0.15) is 6.92 Å². The van der Waals surface area contributed by atoms with E-state index in [1.165, 1.54) is 6.26 Å². The quantitative estimate of drug-likeness (QED) is 0.548. The lowest BCUT2D eigenvalue weighted by atomic mass is 10.7. The highest BCUT2D eigenvalue weighted by Gasteiger charge is 2.06. The van der Waals surface area contributed by atoms with Crippen LogP contribution in [0.3, 0.4) is 0 Å². The summed E-state index contributed by atoms with van der Waals surface area (Å²) in [6.45, 7) is 3.48. The Morgan fingerprint density at radius 3 is 2.50 bits per heavy atom. The molecule has 0 aliphatic rings. The van der Waals surface area contributed by atoms with E-state index in [4.69, 9.17) is 0 Å². The van der Waals surface area contributed by atoms with Crippen LogP contribution in [-0.2, 0) is 22.9 Å². The topological polar surface area (TPSA) is 43.0 Å². The smallest absolute Gasteiger partial charge is 0.243 e. The molecule has 0 amide bonds. The van der Waals surface area contributed by atoms with E-state index >= 15 is 0 Å². The van der Waals surface area contributed by atoms with Gasteiger partial charge in [-0.25, -0.2) is 17.6 Å². The molecule has 0 saturated carbocycles. The molecule has 0 bridgehead atoms. The lowest BCUT2D eigenvalue weighted by Crippen LogP contribution is -3.00. The first kappa shape index (κ1) is 13.6. The van der Waals surface area contributed by atoms with Gasteiger partial charge in [-0.2, -0.15) is 0 Å². The average molecular weight is 283 g/mol. The van der Waals surface area contributed by atoms with Crippen LogP contribution >= 0.6 is 0 Å².